The van der Waals surface area contributed by atoms with E-state index in [0.717, 1.165) is 82.7 Å². The standard InChI is InChI=1S/C52H30N4OS/c1-3-12-31(13-4-1)49-40-25-27-44-48(39-19-7-9-20-43(39)57-44)47(40)41-29-34(23-26-42(41)53-49)33-16-11-17-35(28-33)51-54-50(32-14-5-2-6-15-32)55-52(56-51)36-22-24-38-37-18-8-10-21-45(37)58-46(38)30-36/h1-30H. The second-order valence-electron chi connectivity index (χ2n) is 14.6. The van der Waals surface area contributed by atoms with Crippen molar-refractivity contribution in [3.05, 3.63) is 182 Å². The van der Waals surface area contributed by atoms with E-state index in [2.05, 4.69) is 133 Å². The van der Waals surface area contributed by atoms with E-state index < -0.39 is 0 Å². The number of hydrogen-bond acceptors (Lipinski definition) is 6. The lowest BCUT2D eigenvalue weighted by molar-refractivity contribution is 0.669. The van der Waals surface area contributed by atoms with Crippen LogP contribution in [0, 0.1) is 0 Å². The van der Waals surface area contributed by atoms with Gasteiger partial charge in [0.05, 0.1) is 11.2 Å². The van der Waals surface area contributed by atoms with E-state index in [1.807, 2.05) is 48.5 Å². The average Bonchev–Trinajstić information content (AvgIpc) is 3.87. The summed E-state index contributed by atoms with van der Waals surface area (Å²) in [4.78, 5) is 20.6. The van der Waals surface area contributed by atoms with Crippen molar-refractivity contribution in [3.8, 4) is 56.5 Å². The summed E-state index contributed by atoms with van der Waals surface area (Å²) in [6, 6.07) is 63.3. The highest BCUT2D eigenvalue weighted by atomic mass is 32.1. The number of para-hydroxylation sites is 1. The molecule has 0 saturated heterocycles. The van der Waals surface area contributed by atoms with Crippen molar-refractivity contribution in [1.29, 1.82) is 0 Å². The normalized spacial score (nSPS) is 11.8. The third kappa shape index (κ3) is 5.30. The third-order valence-corrected chi connectivity index (χ3v) is 12.2. The molecule has 58 heavy (non-hydrogen) atoms. The van der Waals surface area contributed by atoms with Gasteiger partial charge in [-0.3, -0.25) is 0 Å². The maximum absolute atomic E-state index is 6.41. The summed E-state index contributed by atoms with van der Waals surface area (Å²) in [5, 5.41) is 7.99. The van der Waals surface area contributed by atoms with Gasteiger partial charge in [0.25, 0.3) is 0 Å². The molecule has 0 saturated carbocycles. The molecule has 0 atom stereocenters. The van der Waals surface area contributed by atoms with Gasteiger partial charge < -0.3 is 4.42 Å². The first-order chi connectivity index (χ1) is 28.7. The molecule has 12 rings (SSSR count). The monoisotopic (exact) mass is 758 g/mol. The summed E-state index contributed by atoms with van der Waals surface area (Å²) < 4.78 is 8.89. The fourth-order valence-corrected chi connectivity index (χ4v) is 9.50. The Kier molecular flexibility index (Phi) is 7.33. The number of aromatic nitrogens is 4. The van der Waals surface area contributed by atoms with Crippen molar-refractivity contribution in [3.63, 3.8) is 0 Å². The van der Waals surface area contributed by atoms with Gasteiger partial charge in [-0.1, -0.05) is 133 Å². The Balaban J connectivity index is 1.04. The van der Waals surface area contributed by atoms with E-state index in [9.17, 15) is 0 Å². The van der Waals surface area contributed by atoms with E-state index in [-0.39, 0.29) is 0 Å². The Morgan fingerprint density at radius 3 is 1.76 bits per heavy atom. The van der Waals surface area contributed by atoms with Crippen LogP contribution in [0.5, 0.6) is 0 Å². The van der Waals surface area contributed by atoms with Crippen LogP contribution in [-0.4, -0.2) is 19.9 Å². The quantitative estimate of drug-likeness (QED) is 0.164. The topological polar surface area (TPSA) is 64.7 Å². The molecule has 270 valence electrons. The number of benzene rings is 8. The lowest BCUT2D eigenvalue weighted by atomic mass is 9.94. The van der Waals surface area contributed by atoms with E-state index in [0.29, 0.717) is 17.5 Å². The van der Waals surface area contributed by atoms with Gasteiger partial charge in [0.15, 0.2) is 17.5 Å². The van der Waals surface area contributed by atoms with Crippen LogP contribution in [0.2, 0.25) is 0 Å². The molecule has 5 nitrogen and oxygen atoms in total. The van der Waals surface area contributed by atoms with Gasteiger partial charge in [0, 0.05) is 69.4 Å². The molecule has 0 unspecified atom stereocenters. The largest absolute Gasteiger partial charge is 0.456 e. The second-order valence-corrected chi connectivity index (χ2v) is 15.7. The molecule has 0 spiro atoms. The Labute approximate surface area is 336 Å². The number of nitrogens with zero attached hydrogens (tertiary/aromatic N) is 4. The SMILES string of the molecule is c1ccc(-c2nc(-c3cccc(-c4ccc5nc(-c6ccccc6)c6ccc7oc8ccccc8c7c6c5c4)c3)nc(-c3ccc4c(c3)sc3ccccc34)n2)cc1. The Bertz CT molecular complexity index is 3570. The Morgan fingerprint density at radius 1 is 0.328 bits per heavy atom. The summed E-state index contributed by atoms with van der Waals surface area (Å²) in [7, 11) is 0. The van der Waals surface area contributed by atoms with Crippen LogP contribution in [-0.2, 0) is 0 Å². The Hall–Kier alpha value is -7.54. The molecular formula is C52H30N4OS. The van der Waals surface area contributed by atoms with E-state index >= 15 is 0 Å². The van der Waals surface area contributed by atoms with Crippen LogP contribution in [0.1, 0.15) is 0 Å². The minimum absolute atomic E-state index is 0.620. The summed E-state index contributed by atoms with van der Waals surface area (Å²) in [6.07, 6.45) is 0. The van der Waals surface area contributed by atoms with Crippen LogP contribution in [0.3, 0.4) is 0 Å². The van der Waals surface area contributed by atoms with Crippen LogP contribution >= 0.6 is 11.3 Å². The van der Waals surface area contributed by atoms with Gasteiger partial charge in [-0.2, -0.15) is 0 Å². The van der Waals surface area contributed by atoms with Gasteiger partial charge in [0.2, 0.25) is 0 Å². The summed E-state index contributed by atoms with van der Waals surface area (Å²) in [5.74, 6) is 1.90. The molecular weight excluding hydrogens is 729 g/mol. The van der Waals surface area contributed by atoms with Crippen molar-refractivity contribution in [1.82, 2.24) is 19.9 Å². The predicted octanol–water partition coefficient (Wildman–Crippen LogP) is 14.2. The van der Waals surface area contributed by atoms with Gasteiger partial charge in [-0.15, -0.1) is 11.3 Å². The summed E-state index contributed by atoms with van der Waals surface area (Å²) in [5.41, 5.74) is 9.62. The van der Waals surface area contributed by atoms with Crippen molar-refractivity contribution in [2.24, 2.45) is 0 Å². The minimum atomic E-state index is 0.620. The molecule has 4 aromatic heterocycles. The van der Waals surface area contributed by atoms with Crippen LogP contribution < -0.4 is 0 Å². The first-order valence-electron chi connectivity index (χ1n) is 19.3. The Morgan fingerprint density at radius 2 is 0.931 bits per heavy atom. The number of rotatable bonds is 5. The maximum Gasteiger partial charge on any atom is 0.164 e. The molecule has 0 bridgehead atoms. The summed E-state index contributed by atoms with van der Waals surface area (Å²) in [6.45, 7) is 0. The zero-order valence-electron chi connectivity index (χ0n) is 30.9. The van der Waals surface area contributed by atoms with Crippen LogP contribution in [0.25, 0.3) is 120 Å². The van der Waals surface area contributed by atoms with Gasteiger partial charge in [0.1, 0.15) is 11.2 Å². The van der Waals surface area contributed by atoms with Crippen molar-refractivity contribution < 1.29 is 4.42 Å². The number of hydrogen-bond donors (Lipinski definition) is 0. The van der Waals surface area contributed by atoms with Gasteiger partial charge >= 0.3 is 0 Å². The zero-order chi connectivity index (χ0) is 38.2. The lowest BCUT2D eigenvalue weighted by Crippen LogP contribution is -2.00. The maximum atomic E-state index is 6.41. The minimum Gasteiger partial charge on any atom is -0.456 e. The highest BCUT2D eigenvalue weighted by molar-refractivity contribution is 7.25. The molecule has 8 aromatic carbocycles. The number of pyridine rings is 1. The van der Waals surface area contributed by atoms with Crippen molar-refractivity contribution in [2.45, 2.75) is 0 Å². The van der Waals surface area contributed by atoms with E-state index in [1.165, 1.54) is 20.2 Å². The molecule has 0 radical (unpaired) electrons. The predicted molar refractivity (Wildman–Crippen MR) is 240 cm³/mol. The fraction of sp³-hybridized carbons (Fsp3) is 0. The molecule has 0 aliphatic rings. The van der Waals surface area contributed by atoms with Crippen LogP contribution in [0.15, 0.2) is 186 Å². The molecule has 12 aromatic rings. The first-order valence-corrected chi connectivity index (χ1v) is 20.1. The third-order valence-electron chi connectivity index (χ3n) is 11.1. The highest BCUT2D eigenvalue weighted by Crippen LogP contribution is 2.42. The van der Waals surface area contributed by atoms with Crippen LogP contribution in [0.4, 0.5) is 0 Å². The van der Waals surface area contributed by atoms with Gasteiger partial charge in [-0.05, 0) is 59.7 Å². The molecule has 0 aliphatic carbocycles. The molecule has 0 fully saturated rings. The lowest BCUT2D eigenvalue weighted by Gasteiger charge is -2.13. The molecule has 0 amide bonds. The molecule has 4 heterocycles. The molecule has 6 heteroatoms. The van der Waals surface area contributed by atoms with E-state index in [1.54, 1.807) is 11.3 Å². The number of furan rings is 1. The number of fused-ring (bicyclic) bond motifs is 10. The second kappa shape index (κ2) is 13.0. The first kappa shape index (κ1) is 32.7. The average molecular weight is 759 g/mol. The zero-order valence-corrected chi connectivity index (χ0v) is 31.7. The molecule has 0 N–H and O–H groups in total. The smallest absolute Gasteiger partial charge is 0.164 e. The highest BCUT2D eigenvalue weighted by Gasteiger charge is 2.19. The number of thiophene rings is 1. The van der Waals surface area contributed by atoms with Crippen molar-refractivity contribution in [2.75, 3.05) is 0 Å². The fourth-order valence-electron chi connectivity index (χ4n) is 8.36. The summed E-state index contributed by atoms with van der Waals surface area (Å²) >= 11 is 1.79. The molecule has 0 aliphatic heterocycles. The van der Waals surface area contributed by atoms with Gasteiger partial charge in [-0.25, -0.2) is 19.9 Å². The van der Waals surface area contributed by atoms with E-state index in [4.69, 9.17) is 24.4 Å². The van der Waals surface area contributed by atoms with Crippen molar-refractivity contribution >= 4 is 75.1 Å².